The van der Waals surface area contributed by atoms with Crippen molar-refractivity contribution in [3.63, 3.8) is 0 Å². The van der Waals surface area contributed by atoms with Gasteiger partial charge in [0.1, 0.15) is 5.76 Å². The molecule has 4 nitrogen and oxygen atoms in total. The zero-order valence-corrected chi connectivity index (χ0v) is 11.4. The molecule has 17 heavy (non-hydrogen) atoms. The van der Waals surface area contributed by atoms with Gasteiger partial charge in [-0.25, -0.2) is 0 Å². The minimum Gasteiger partial charge on any atom is -0.361 e. The minimum absolute atomic E-state index is 0. The summed E-state index contributed by atoms with van der Waals surface area (Å²) < 4.78 is 5.09. The molecule has 2 rings (SSSR count). The number of rotatable bonds is 3. The Morgan fingerprint density at radius 1 is 1.59 bits per heavy atom. The monoisotopic (exact) mass is 259 g/mol. The molecule has 2 heterocycles. The molecule has 0 aliphatic carbocycles. The van der Waals surface area contributed by atoms with E-state index in [0.717, 1.165) is 31.1 Å². The van der Waals surface area contributed by atoms with Gasteiger partial charge in [-0.05, 0) is 32.2 Å². The van der Waals surface area contributed by atoms with Gasteiger partial charge in [0.15, 0.2) is 0 Å². The summed E-state index contributed by atoms with van der Waals surface area (Å²) in [7, 11) is 0. The molecular weight excluding hydrogens is 238 g/mol. The van der Waals surface area contributed by atoms with Gasteiger partial charge in [0.05, 0.1) is 5.69 Å². The molecule has 0 bridgehead atoms. The third kappa shape index (κ3) is 3.44. The van der Waals surface area contributed by atoms with Crippen molar-refractivity contribution in [2.24, 2.45) is 11.7 Å². The van der Waals surface area contributed by atoms with Crippen LogP contribution in [0.15, 0.2) is 10.6 Å². The highest BCUT2D eigenvalue weighted by atomic mass is 35.5. The van der Waals surface area contributed by atoms with Crippen molar-refractivity contribution >= 4 is 12.4 Å². The maximum atomic E-state index is 5.86. The first kappa shape index (κ1) is 14.5. The zero-order chi connectivity index (χ0) is 11.5. The minimum atomic E-state index is 0. The lowest BCUT2D eigenvalue weighted by molar-refractivity contribution is 0.0966. The fourth-order valence-corrected chi connectivity index (χ4v) is 2.61. The predicted molar refractivity (Wildman–Crippen MR) is 70.1 cm³/mol. The Morgan fingerprint density at radius 2 is 2.35 bits per heavy atom. The summed E-state index contributed by atoms with van der Waals surface area (Å²) in [5.74, 6) is 1.57. The summed E-state index contributed by atoms with van der Waals surface area (Å²) in [4.78, 5) is 2.44. The Morgan fingerprint density at radius 3 is 2.94 bits per heavy atom. The van der Waals surface area contributed by atoms with Gasteiger partial charge in [0.2, 0.25) is 0 Å². The summed E-state index contributed by atoms with van der Waals surface area (Å²) in [6.45, 7) is 6.94. The van der Waals surface area contributed by atoms with Crippen LogP contribution >= 0.6 is 12.4 Å². The van der Waals surface area contributed by atoms with Crippen molar-refractivity contribution in [1.82, 2.24) is 10.1 Å². The molecule has 98 valence electrons. The third-order valence-electron chi connectivity index (χ3n) is 3.51. The smallest absolute Gasteiger partial charge is 0.133 e. The second-order valence-corrected chi connectivity index (χ2v) is 4.82. The van der Waals surface area contributed by atoms with Gasteiger partial charge in [0, 0.05) is 25.2 Å². The lowest BCUT2D eigenvalue weighted by atomic mass is 9.91. The van der Waals surface area contributed by atoms with Crippen molar-refractivity contribution in [3.05, 3.63) is 17.5 Å². The molecule has 0 aromatic carbocycles. The molecular formula is C12H22ClN3O. The molecule has 0 amide bonds. The van der Waals surface area contributed by atoms with Crippen molar-refractivity contribution in [2.75, 3.05) is 13.1 Å². The Bertz CT molecular complexity index is 342. The van der Waals surface area contributed by atoms with Crippen molar-refractivity contribution < 1.29 is 4.52 Å². The van der Waals surface area contributed by atoms with Crippen LogP contribution in [0.5, 0.6) is 0 Å². The second-order valence-electron chi connectivity index (χ2n) is 4.82. The van der Waals surface area contributed by atoms with Crippen LogP contribution in [0.3, 0.4) is 0 Å². The van der Waals surface area contributed by atoms with E-state index >= 15 is 0 Å². The predicted octanol–water partition coefficient (Wildman–Crippen LogP) is 1.96. The SMILES string of the molecule is Cc1cc(CN2CCCC(C)C2CN)no1.Cl. The second kappa shape index (κ2) is 6.38. The van der Waals surface area contributed by atoms with Gasteiger partial charge in [-0.2, -0.15) is 0 Å². The quantitative estimate of drug-likeness (QED) is 0.902. The number of hydrogen-bond acceptors (Lipinski definition) is 4. The first-order valence-corrected chi connectivity index (χ1v) is 6.07. The van der Waals surface area contributed by atoms with Gasteiger partial charge in [-0.3, -0.25) is 4.90 Å². The average molecular weight is 260 g/mol. The molecule has 1 aliphatic heterocycles. The van der Waals surface area contributed by atoms with Crippen molar-refractivity contribution in [2.45, 2.75) is 39.3 Å². The summed E-state index contributed by atoms with van der Waals surface area (Å²) in [5.41, 5.74) is 6.88. The standard InChI is InChI=1S/C12H21N3O.ClH/c1-9-4-3-5-15(12(9)7-13)8-11-6-10(2)16-14-11;/h6,9,12H,3-5,7-8,13H2,1-2H3;1H. The van der Waals surface area contributed by atoms with Gasteiger partial charge in [-0.1, -0.05) is 12.1 Å². The normalized spacial score (nSPS) is 25.6. The van der Waals surface area contributed by atoms with Crippen LogP contribution in [0.4, 0.5) is 0 Å². The summed E-state index contributed by atoms with van der Waals surface area (Å²) in [6, 6.07) is 2.50. The Kier molecular flexibility index (Phi) is 5.43. The Labute approximate surface area is 109 Å². The molecule has 1 saturated heterocycles. The van der Waals surface area contributed by atoms with E-state index in [0.29, 0.717) is 12.0 Å². The summed E-state index contributed by atoms with van der Waals surface area (Å²) in [6.07, 6.45) is 2.55. The zero-order valence-electron chi connectivity index (χ0n) is 10.6. The maximum Gasteiger partial charge on any atom is 0.133 e. The maximum absolute atomic E-state index is 5.86. The number of nitrogens with zero attached hydrogens (tertiary/aromatic N) is 2. The Hall–Kier alpha value is -0.580. The van der Waals surface area contributed by atoms with Crippen LogP contribution in [0.1, 0.15) is 31.2 Å². The highest BCUT2D eigenvalue weighted by Crippen LogP contribution is 2.24. The van der Waals surface area contributed by atoms with Crippen molar-refractivity contribution in [1.29, 1.82) is 0 Å². The van der Waals surface area contributed by atoms with E-state index in [1.165, 1.54) is 12.8 Å². The number of nitrogens with two attached hydrogens (primary N) is 1. The molecule has 1 aliphatic rings. The first-order chi connectivity index (χ1) is 7.70. The van der Waals surface area contributed by atoms with Crippen LogP contribution in [-0.4, -0.2) is 29.2 Å². The first-order valence-electron chi connectivity index (χ1n) is 6.07. The van der Waals surface area contributed by atoms with E-state index in [1.54, 1.807) is 0 Å². The summed E-state index contributed by atoms with van der Waals surface area (Å²) in [5, 5.41) is 4.05. The molecule has 2 atom stereocenters. The lowest BCUT2D eigenvalue weighted by Crippen LogP contribution is -2.48. The van der Waals surface area contributed by atoms with Crippen LogP contribution in [0, 0.1) is 12.8 Å². The molecule has 1 aromatic heterocycles. The van der Waals surface area contributed by atoms with E-state index in [4.69, 9.17) is 10.3 Å². The van der Waals surface area contributed by atoms with Crippen LogP contribution in [0.25, 0.3) is 0 Å². The molecule has 1 fully saturated rings. The number of likely N-dealkylation sites (tertiary alicyclic amines) is 1. The molecule has 2 N–H and O–H groups in total. The Balaban J connectivity index is 0.00000144. The largest absolute Gasteiger partial charge is 0.361 e. The van der Waals surface area contributed by atoms with Gasteiger partial charge < -0.3 is 10.3 Å². The van der Waals surface area contributed by atoms with Crippen LogP contribution in [0.2, 0.25) is 0 Å². The van der Waals surface area contributed by atoms with E-state index < -0.39 is 0 Å². The van der Waals surface area contributed by atoms with Crippen LogP contribution in [-0.2, 0) is 6.54 Å². The fraction of sp³-hybridized carbons (Fsp3) is 0.750. The highest BCUT2D eigenvalue weighted by molar-refractivity contribution is 5.85. The van der Waals surface area contributed by atoms with Crippen LogP contribution < -0.4 is 5.73 Å². The number of hydrogen-bond donors (Lipinski definition) is 1. The molecule has 0 radical (unpaired) electrons. The number of piperidine rings is 1. The molecule has 1 aromatic rings. The van der Waals surface area contributed by atoms with Gasteiger partial charge >= 0.3 is 0 Å². The summed E-state index contributed by atoms with van der Waals surface area (Å²) >= 11 is 0. The van der Waals surface area contributed by atoms with E-state index in [9.17, 15) is 0 Å². The third-order valence-corrected chi connectivity index (χ3v) is 3.51. The molecule has 2 unspecified atom stereocenters. The van der Waals surface area contributed by atoms with E-state index in [1.807, 2.05) is 13.0 Å². The number of halogens is 1. The molecule has 5 heteroatoms. The molecule has 0 spiro atoms. The average Bonchev–Trinajstić information content (AvgIpc) is 2.64. The molecule has 0 saturated carbocycles. The fourth-order valence-electron chi connectivity index (χ4n) is 2.61. The van der Waals surface area contributed by atoms with Gasteiger partial charge in [-0.15, -0.1) is 12.4 Å². The topological polar surface area (TPSA) is 55.3 Å². The van der Waals surface area contributed by atoms with Gasteiger partial charge in [0.25, 0.3) is 0 Å². The van der Waals surface area contributed by atoms with E-state index in [2.05, 4.69) is 17.0 Å². The van der Waals surface area contributed by atoms with E-state index in [-0.39, 0.29) is 12.4 Å². The number of aryl methyl sites for hydroxylation is 1. The lowest BCUT2D eigenvalue weighted by Gasteiger charge is -2.38. The highest BCUT2D eigenvalue weighted by Gasteiger charge is 2.27. The van der Waals surface area contributed by atoms with Crippen molar-refractivity contribution in [3.8, 4) is 0 Å². The number of aromatic nitrogens is 1.